The minimum Gasteiger partial charge on any atom is -0.496 e. The maximum Gasteiger partial charge on any atom is 0.333 e. The van der Waals surface area contributed by atoms with Gasteiger partial charge >= 0.3 is 11.7 Å². The molecule has 10 heteroatoms. The first-order valence-corrected chi connectivity index (χ1v) is 14.2. The molecule has 3 heterocycles. The van der Waals surface area contributed by atoms with Gasteiger partial charge in [-0.2, -0.15) is 0 Å². The average Bonchev–Trinajstić information content (AvgIpc) is 3.27. The van der Waals surface area contributed by atoms with Crippen molar-refractivity contribution in [1.29, 1.82) is 0 Å². The lowest BCUT2D eigenvalue weighted by Gasteiger charge is -2.31. The molecule has 0 amide bonds. The van der Waals surface area contributed by atoms with Gasteiger partial charge in [0.05, 0.1) is 25.1 Å². The number of ether oxygens (including phenoxy) is 3. The SMILES string of the molecule is COc1ccccc1C(Cn1c(=O)n(C(C)(C)C(=O)OC(C)(C)C)c(=O)c2c(C)csc21)OC1CCNCC1. The van der Waals surface area contributed by atoms with Gasteiger partial charge in [-0.1, -0.05) is 18.2 Å². The molecule has 0 spiro atoms. The van der Waals surface area contributed by atoms with Crippen molar-refractivity contribution in [2.75, 3.05) is 20.2 Å². The van der Waals surface area contributed by atoms with Crippen molar-refractivity contribution in [2.45, 2.75) is 84.3 Å². The predicted octanol–water partition coefficient (Wildman–Crippen LogP) is 4.13. The van der Waals surface area contributed by atoms with E-state index >= 15 is 0 Å². The van der Waals surface area contributed by atoms with E-state index in [2.05, 4.69) is 5.32 Å². The van der Waals surface area contributed by atoms with Crippen LogP contribution in [0, 0.1) is 6.92 Å². The first-order chi connectivity index (χ1) is 18.3. The second kappa shape index (κ2) is 11.3. The van der Waals surface area contributed by atoms with E-state index in [1.165, 1.54) is 11.3 Å². The summed E-state index contributed by atoms with van der Waals surface area (Å²) in [5.74, 6) is 0.00529. The van der Waals surface area contributed by atoms with Crippen LogP contribution in [0.3, 0.4) is 0 Å². The average molecular weight is 558 g/mol. The highest BCUT2D eigenvalue weighted by Crippen LogP contribution is 2.33. The van der Waals surface area contributed by atoms with Crippen molar-refractivity contribution in [3.05, 3.63) is 61.6 Å². The van der Waals surface area contributed by atoms with Gasteiger partial charge in [0.2, 0.25) is 0 Å². The largest absolute Gasteiger partial charge is 0.496 e. The number of aryl methyl sites for hydroxylation is 1. The summed E-state index contributed by atoms with van der Waals surface area (Å²) in [4.78, 5) is 41.8. The van der Waals surface area contributed by atoms with Crippen LogP contribution in [-0.4, -0.2) is 47.0 Å². The van der Waals surface area contributed by atoms with Gasteiger partial charge in [0, 0.05) is 5.56 Å². The second-order valence-corrected chi connectivity index (χ2v) is 12.4. The molecule has 0 bridgehead atoms. The zero-order valence-electron chi connectivity index (χ0n) is 23.8. The molecule has 0 radical (unpaired) electrons. The summed E-state index contributed by atoms with van der Waals surface area (Å²) in [6.45, 7) is 12.0. The first-order valence-electron chi connectivity index (χ1n) is 13.3. The number of aromatic nitrogens is 2. The number of nitrogens with zero attached hydrogens (tertiary/aromatic N) is 2. The third-order valence-corrected chi connectivity index (χ3v) is 8.09. The molecule has 1 aliphatic rings. The van der Waals surface area contributed by atoms with Crippen LogP contribution in [0.4, 0.5) is 0 Å². The molecule has 0 aliphatic carbocycles. The lowest BCUT2D eigenvalue weighted by Crippen LogP contribution is -2.54. The lowest BCUT2D eigenvalue weighted by molar-refractivity contribution is -0.164. The highest BCUT2D eigenvalue weighted by atomic mass is 32.1. The van der Waals surface area contributed by atoms with Crippen LogP contribution in [-0.2, 0) is 26.4 Å². The van der Waals surface area contributed by atoms with Gasteiger partial charge in [-0.3, -0.25) is 9.36 Å². The van der Waals surface area contributed by atoms with Crippen molar-refractivity contribution in [3.63, 3.8) is 0 Å². The van der Waals surface area contributed by atoms with Crippen LogP contribution in [0.2, 0.25) is 0 Å². The standard InChI is InChI=1S/C29H39N3O6S/c1-18-17-39-25-23(18)24(33)32(29(5,6)26(34)38-28(2,3)4)27(35)31(25)16-22(37-19-12-14-30-15-13-19)20-10-8-9-11-21(20)36-7/h8-11,17,19,22,30H,12-16H2,1-7H3. The summed E-state index contributed by atoms with van der Waals surface area (Å²) < 4.78 is 20.5. The van der Waals surface area contributed by atoms with Crippen molar-refractivity contribution < 1.29 is 19.0 Å². The van der Waals surface area contributed by atoms with Crippen molar-refractivity contribution in [1.82, 2.24) is 14.5 Å². The summed E-state index contributed by atoms with van der Waals surface area (Å²) in [6.07, 6.45) is 1.17. The first kappa shape index (κ1) is 29.0. The Morgan fingerprint density at radius 2 is 1.79 bits per heavy atom. The van der Waals surface area contributed by atoms with Crippen LogP contribution in [0.5, 0.6) is 5.75 Å². The second-order valence-electron chi connectivity index (χ2n) is 11.5. The van der Waals surface area contributed by atoms with Crippen LogP contribution in [0.15, 0.2) is 39.2 Å². The van der Waals surface area contributed by atoms with E-state index in [-0.39, 0.29) is 12.6 Å². The molecule has 212 valence electrons. The molecule has 1 aromatic carbocycles. The van der Waals surface area contributed by atoms with E-state index in [0.717, 1.165) is 41.6 Å². The molecular formula is C29H39N3O6S. The van der Waals surface area contributed by atoms with Gasteiger partial charge in [0.15, 0.2) is 0 Å². The van der Waals surface area contributed by atoms with E-state index in [0.29, 0.717) is 16.0 Å². The zero-order valence-corrected chi connectivity index (χ0v) is 24.6. The number of carbonyl (C=O) groups is 1. The number of fused-ring (bicyclic) bond motifs is 1. The third kappa shape index (κ3) is 5.97. The summed E-state index contributed by atoms with van der Waals surface area (Å²) in [7, 11) is 1.61. The van der Waals surface area contributed by atoms with E-state index in [4.69, 9.17) is 14.2 Å². The van der Waals surface area contributed by atoms with Gasteiger partial charge in [-0.15, -0.1) is 11.3 Å². The highest BCUT2D eigenvalue weighted by molar-refractivity contribution is 7.17. The minimum atomic E-state index is -1.54. The number of nitrogens with one attached hydrogen (secondary N) is 1. The van der Waals surface area contributed by atoms with Gasteiger partial charge in [0.25, 0.3) is 5.56 Å². The molecule has 1 atom stereocenters. The van der Waals surface area contributed by atoms with E-state index < -0.39 is 34.5 Å². The molecule has 4 rings (SSSR count). The zero-order chi connectivity index (χ0) is 28.5. The molecule has 3 aromatic rings. The number of carbonyl (C=O) groups excluding carboxylic acids is 1. The molecule has 1 aliphatic heterocycles. The van der Waals surface area contributed by atoms with E-state index in [9.17, 15) is 14.4 Å². The third-order valence-electron chi connectivity index (χ3n) is 6.97. The minimum absolute atomic E-state index is 0.00142. The predicted molar refractivity (Wildman–Crippen MR) is 153 cm³/mol. The number of para-hydroxylation sites is 1. The van der Waals surface area contributed by atoms with Crippen molar-refractivity contribution in [2.24, 2.45) is 0 Å². The smallest absolute Gasteiger partial charge is 0.333 e. The number of benzene rings is 1. The fourth-order valence-corrected chi connectivity index (χ4v) is 5.97. The number of esters is 1. The van der Waals surface area contributed by atoms with Crippen LogP contribution >= 0.6 is 11.3 Å². The Balaban J connectivity index is 1.89. The van der Waals surface area contributed by atoms with Gasteiger partial charge in [-0.25, -0.2) is 14.2 Å². The number of rotatable bonds is 8. The Hall–Kier alpha value is -2.95. The van der Waals surface area contributed by atoms with Crippen LogP contribution < -0.4 is 21.3 Å². The molecule has 1 saturated heterocycles. The Kier molecular flexibility index (Phi) is 8.39. The van der Waals surface area contributed by atoms with E-state index in [1.54, 1.807) is 46.3 Å². The Labute approximate surface area is 232 Å². The summed E-state index contributed by atoms with van der Waals surface area (Å²) in [5.41, 5.74) is -1.85. The molecule has 2 aromatic heterocycles. The molecule has 1 N–H and O–H groups in total. The van der Waals surface area contributed by atoms with Crippen LogP contribution in [0.25, 0.3) is 10.2 Å². The van der Waals surface area contributed by atoms with Gasteiger partial charge in [-0.05, 0) is 84.5 Å². The lowest BCUT2D eigenvalue weighted by atomic mass is 10.0. The molecule has 1 unspecified atom stereocenters. The monoisotopic (exact) mass is 557 g/mol. The topological polar surface area (TPSA) is 101 Å². The summed E-state index contributed by atoms with van der Waals surface area (Å²) >= 11 is 1.34. The summed E-state index contributed by atoms with van der Waals surface area (Å²) in [5, 5.41) is 5.63. The number of methoxy groups -OCH3 is 1. The Morgan fingerprint density at radius 3 is 2.44 bits per heavy atom. The quantitative estimate of drug-likeness (QED) is 0.416. The maximum atomic E-state index is 14.2. The maximum absolute atomic E-state index is 14.2. The molecule has 0 saturated carbocycles. The number of piperidine rings is 1. The Morgan fingerprint density at radius 1 is 1.13 bits per heavy atom. The fraction of sp³-hybridized carbons (Fsp3) is 0.552. The number of thiophene rings is 1. The molecule has 9 nitrogen and oxygen atoms in total. The van der Waals surface area contributed by atoms with Crippen molar-refractivity contribution in [3.8, 4) is 5.75 Å². The Bertz CT molecular complexity index is 1460. The molecular weight excluding hydrogens is 518 g/mol. The number of hydrogen-bond donors (Lipinski definition) is 1. The van der Waals surface area contributed by atoms with Gasteiger partial charge in [0.1, 0.15) is 27.8 Å². The fourth-order valence-electron chi connectivity index (χ4n) is 4.92. The molecule has 1 fully saturated rings. The molecule has 39 heavy (non-hydrogen) atoms. The highest BCUT2D eigenvalue weighted by Gasteiger charge is 2.39. The summed E-state index contributed by atoms with van der Waals surface area (Å²) in [6, 6.07) is 7.61. The van der Waals surface area contributed by atoms with E-state index in [1.807, 2.05) is 36.6 Å². The number of hydrogen-bond acceptors (Lipinski definition) is 8. The van der Waals surface area contributed by atoms with Crippen LogP contribution in [0.1, 0.15) is 64.7 Å². The normalized spacial score (nSPS) is 15.9. The van der Waals surface area contributed by atoms with Crippen molar-refractivity contribution >= 4 is 27.5 Å². The van der Waals surface area contributed by atoms with Gasteiger partial charge < -0.3 is 19.5 Å².